The van der Waals surface area contributed by atoms with Gasteiger partial charge in [0.25, 0.3) is 0 Å². The van der Waals surface area contributed by atoms with Crippen molar-refractivity contribution in [2.45, 2.75) is 33.1 Å². The predicted octanol–water partition coefficient (Wildman–Crippen LogP) is 2.17. The molecule has 1 aromatic rings. The second kappa shape index (κ2) is 6.43. The van der Waals surface area contributed by atoms with Gasteiger partial charge >= 0.3 is 0 Å². The molecule has 0 bridgehead atoms. The zero-order chi connectivity index (χ0) is 14.6. The Hall–Kier alpha value is -1.01. The zero-order valence-corrected chi connectivity index (χ0v) is 13.6. The number of nitrogens with two attached hydrogens (primary N) is 1. The van der Waals surface area contributed by atoms with Gasteiger partial charge in [0.1, 0.15) is 17.5 Å². The van der Waals surface area contributed by atoms with E-state index in [0.717, 1.165) is 29.5 Å². The molecule has 0 aliphatic carbocycles. The standard InChI is InChI=1S/C13H25N5S/c1-9-10(17-14)15-12(13(2,3)4)16-11(9)18(5)7-8-19-6/h7-8,14H2,1-6H3,(H,15,16,17). The molecule has 1 heterocycles. The molecule has 0 saturated carbocycles. The Morgan fingerprint density at radius 1 is 1.32 bits per heavy atom. The van der Waals surface area contributed by atoms with Gasteiger partial charge in [-0.3, -0.25) is 0 Å². The molecule has 0 amide bonds. The number of nitrogens with one attached hydrogen (secondary N) is 1. The summed E-state index contributed by atoms with van der Waals surface area (Å²) >= 11 is 1.82. The van der Waals surface area contributed by atoms with Crippen LogP contribution in [0.1, 0.15) is 32.2 Å². The summed E-state index contributed by atoms with van der Waals surface area (Å²) in [6, 6.07) is 0. The lowest BCUT2D eigenvalue weighted by Gasteiger charge is -2.25. The van der Waals surface area contributed by atoms with Gasteiger partial charge in [0.15, 0.2) is 0 Å². The van der Waals surface area contributed by atoms with E-state index in [-0.39, 0.29) is 5.41 Å². The Bertz CT molecular complexity index is 428. The van der Waals surface area contributed by atoms with E-state index in [1.54, 1.807) is 0 Å². The number of rotatable bonds is 5. The van der Waals surface area contributed by atoms with Crippen LogP contribution in [-0.4, -0.2) is 35.6 Å². The lowest BCUT2D eigenvalue weighted by molar-refractivity contribution is 0.545. The second-order valence-electron chi connectivity index (χ2n) is 5.65. The first kappa shape index (κ1) is 16.0. The number of nitrogens with zero attached hydrogens (tertiary/aromatic N) is 3. The minimum absolute atomic E-state index is 0.103. The molecule has 1 rings (SSSR count). The van der Waals surface area contributed by atoms with Gasteiger partial charge in [0.05, 0.1) is 0 Å². The fourth-order valence-electron chi connectivity index (χ4n) is 1.69. The average Bonchev–Trinajstić information content (AvgIpc) is 2.34. The van der Waals surface area contributed by atoms with E-state index in [2.05, 4.69) is 49.4 Å². The number of anilines is 2. The zero-order valence-electron chi connectivity index (χ0n) is 12.7. The smallest absolute Gasteiger partial charge is 0.148 e. The van der Waals surface area contributed by atoms with E-state index in [1.807, 2.05) is 18.7 Å². The molecular formula is C13H25N5S. The molecule has 0 saturated heterocycles. The van der Waals surface area contributed by atoms with Crippen molar-refractivity contribution in [3.05, 3.63) is 11.4 Å². The van der Waals surface area contributed by atoms with Crippen LogP contribution in [0, 0.1) is 6.92 Å². The van der Waals surface area contributed by atoms with Gasteiger partial charge in [-0.1, -0.05) is 20.8 Å². The number of hydrogen-bond acceptors (Lipinski definition) is 6. The molecule has 0 spiro atoms. The van der Waals surface area contributed by atoms with Crippen molar-refractivity contribution in [2.24, 2.45) is 5.84 Å². The Balaban J connectivity index is 3.21. The maximum atomic E-state index is 5.57. The highest BCUT2D eigenvalue weighted by Crippen LogP contribution is 2.27. The minimum Gasteiger partial charge on any atom is -0.358 e. The molecule has 0 atom stereocenters. The van der Waals surface area contributed by atoms with Gasteiger partial charge in [0, 0.05) is 30.3 Å². The minimum atomic E-state index is -0.103. The highest BCUT2D eigenvalue weighted by Gasteiger charge is 2.22. The van der Waals surface area contributed by atoms with Gasteiger partial charge in [-0.2, -0.15) is 11.8 Å². The van der Waals surface area contributed by atoms with Crippen molar-refractivity contribution in [3.8, 4) is 0 Å². The maximum Gasteiger partial charge on any atom is 0.148 e. The molecule has 0 aromatic carbocycles. The third-order valence-corrected chi connectivity index (χ3v) is 3.51. The van der Waals surface area contributed by atoms with Crippen molar-refractivity contribution >= 4 is 23.4 Å². The van der Waals surface area contributed by atoms with Crippen molar-refractivity contribution in [1.82, 2.24) is 9.97 Å². The van der Waals surface area contributed by atoms with Crippen molar-refractivity contribution in [1.29, 1.82) is 0 Å². The predicted molar refractivity (Wildman–Crippen MR) is 84.9 cm³/mol. The quantitative estimate of drug-likeness (QED) is 0.637. The molecule has 19 heavy (non-hydrogen) atoms. The molecule has 0 radical (unpaired) electrons. The summed E-state index contributed by atoms with van der Waals surface area (Å²) in [6.07, 6.45) is 2.11. The Morgan fingerprint density at radius 3 is 2.42 bits per heavy atom. The van der Waals surface area contributed by atoms with Crippen LogP contribution in [0.2, 0.25) is 0 Å². The summed E-state index contributed by atoms with van der Waals surface area (Å²) in [5.74, 6) is 9.08. The van der Waals surface area contributed by atoms with Crippen LogP contribution in [0.15, 0.2) is 0 Å². The van der Waals surface area contributed by atoms with Gasteiger partial charge in [-0.15, -0.1) is 0 Å². The van der Waals surface area contributed by atoms with Gasteiger partial charge in [0.2, 0.25) is 0 Å². The van der Waals surface area contributed by atoms with E-state index in [4.69, 9.17) is 10.8 Å². The maximum absolute atomic E-state index is 5.57. The van der Waals surface area contributed by atoms with Crippen molar-refractivity contribution in [2.75, 3.05) is 35.9 Å². The largest absolute Gasteiger partial charge is 0.358 e. The van der Waals surface area contributed by atoms with Gasteiger partial charge in [-0.05, 0) is 13.2 Å². The first-order valence-electron chi connectivity index (χ1n) is 6.37. The van der Waals surface area contributed by atoms with Crippen molar-refractivity contribution in [3.63, 3.8) is 0 Å². The first-order chi connectivity index (χ1) is 8.81. The Labute approximate surface area is 120 Å². The third kappa shape index (κ3) is 3.98. The number of hydrogen-bond donors (Lipinski definition) is 2. The van der Waals surface area contributed by atoms with E-state index >= 15 is 0 Å². The summed E-state index contributed by atoms with van der Waals surface area (Å²) in [5, 5.41) is 0. The number of thioether (sulfide) groups is 1. The van der Waals surface area contributed by atoms with Crippen LogP contribution in [0.5, 0.6) is 0 Å². The molecule has 5 nitrogen and oxygen atoms in total. The topological polar surface area (TPSA) is 67.1 Å². The molecule has 0 aliphatic rings. The van der Waals surface area contributed by atoms with Crippen LogP contribution < -0.4 is 16.2 Å². The molecule has 1 aromatic heterocycles. The highest BCUT2D eigenvalue weighted by molar-refractivity contribution is 7.98. The highest BCUT2D eigenvalue weighted by atomic mass is 32.2. The Morgan fingerprint density at radius 2 is 1.95 bits per heavy atom. The molecule has 6 heteroatoms. The van der Waals surface area contributed by atoms with E-state index in [9.17, 15) is 0 Å². The van der Waals surface area contributed by atoms with Crippen LogP contribution in [0.25, 0.3) is 0 Å². The second-order valence-corrected chi connectivity index (χ2v) is 6.64. The molecule has 0 unspecified atom stereocenters. The summed E-state index contributed by atoms with van der Waals surface area (Å²) in [5.41, 5.74) is 3.56. The van der Waals surface area contributed by atoms with Gasteiger partial charge in [-0.25, -0.2) is 15.8 Å². The molecule has 108 valence electrons. The van der Waals surface area contributed by atoms with Crippen LogP contribution in [0.4, 0.5) is 11.6 Å². The van der Waals surface area contributed by atoms with E-state index in [0.29, 0.717) is 5.82 Å². The molecule has 0 fully saturated rings. The van der Waals surface area contributed by atoms with Crippen molar-refractivity contribution < 1.29 is 0 Å². The first-order valence-corrected chi connectivity index (χ1v) is 7.76. The average molecular weight is 283 g/mol. The Kier molecular flexibility index (Phi) is 5.43. The monoisotopic (exact) mass is 283 g/mol. The third-order valence-electron chi connectivity index (χ3n) is 2.92. The molecule has 3 N–H and O–H groups in total. The van der Waals surface area contributed by atoms with Crippen LogP contribution >= 0.6 is 11.8 Å². The lowest BCUT2D eigenvalue weighted by Crippen LogP contribution is -2.27. The number of hydrazine groups is 1. The number of aromatic nitrogens is 2. The summed E-state index contributed by atoms with van der Waals surface area (Å²) in [6.45, 7) is 9.25. The summed E-state index contributed by atoms with van der Waals surface area (Å²) in [4.78, 5) is 11.4. The molecular weight excluding hydrogens is 258 g/mol. The fourth-order valence-corrected chi connectivity index (χ4v) is 2.14. The summed E-state index contributed by atoms with van der Waals surface area (Å²) in [7, 11) is 2.05. The lowest BCUT2D eigenvalue weighted by atomic mass is 9.95. The van der Waals surface area contributed by atoms with Crippen LogP contribution in [-0.2, 0) is 5.41 Å². The van der Waals surface area contributed by atoms with Gasteiger partial charge < -0.3 is 10.3 Å². The van der Waals surface area contributed by atoms with Crippen LogP contribution in [0.3, 0.4) is 0 Å². The SMILES string of the molecule is CSCCN(C)c1nc(C(C)(C)C)nc(NN)c1C. The van der Waals surface area contributed by atoms with E-state index < -0.39 is 0 Å². The van der Waals surface area contributed by atoms with E-state index in [1.165, 1.54) is 0 Å². The molecule has 0 aliphatic heterocycles. The summed E-state index contributed by atoms with van der Waals surface area (Å²) < 4.78 is 0. The fraction of sp³-hybridized carbons (Fsp3) is 0.692. The number of nitrogen functional groups attached to an aromatic ring is 1. The normalized spacial score (nSPS) is 11.5.